The molecule has 1 amide bonds. The molecule has 0 spiro atoms. The molecular formula is C18H25F3N4O3. The summed E-state index contributed by atoms with van der Waals surface area (Å²) in [6, 6.07) is 0.533. The van der Waals surface area contributed by atoms with Crippen molar-refractivity contribution in [3.05, 3.63) is 28.4 Å². The van der Waals surface area contributed by atoms with Crippen molar-refractivity contribution in [3.8, 4) is 0 Å². The first-order valence-corrected chi connectivity index (χ1v) is 9.40. The number of aromatic nitrogens is 2. The van der Waals surface area contributed by atoms with E-state index in [0.717, 1.165) is 32.3 Å². The van der Waals surface area contributed by atoms with Gasteiger partial charge in [-0.1, -0.05) is 0 Å². The van der Waals surface area contributed by atoms with Crippen LogP contribution in [0.2, 0.25) is 0 Å². The Morgan fingerprint density at radius 3 is 2.54 bits per heavy atom. The molecule has 1 aromatic rings. The summed E-state index contributed by atoms with van der Waals surface area (Å²) < 4.78 is 39.1. The highest BCUT2D eigenvalue weighted by molar-refractivity contribution is 5.73. The molecule has 1 N–H and O–H groups in total. The van der Waals surface area contributed by atoms with E-state index in [1.54, 1.807) is 4.90 Å². The third kappa shape index (κ3) is 4.91. The molecule has 2 aliphatic heterocycles. The largest absolute Gasteiger partial charge is 0.433 e. The number of likely N-dealkylation sites (tertiary alicyclic amines) is 2. The number of alkyl halides is 3. The number of nitrogens with zero attached hydrogens (tertiary/aromatic N) is 4. The highest BCUT2D eigenvalue weighted by Gasteiger charge is 2.39. The molecule has 1 atom stereocenters. The number of carbonyl (C=O) groups is 1. The number of β-amino-alcohol motifs (C(OH)–C–C–N with tert-alkyl or cyclic N) is 1. The van der Waals surface area contributed by atoms with Gasteiger partial charge in [-0.2, -0.15) is 13.2 Å². The van der Waals surface area contributed by atoms with Crippen molar-refractivity contribution >= 4 is 5.91 Å². The molecule has 2 fully saturated rings. The zero-order chi connectivity index (χ0) is 20.5. The van der Waals surface area contributed by atoms with Gasteiger partial charge in [0, 0.05) is 32.6 Å². The van der Waals surface area contributed by atoms with Crippen molar-refractivity contribution in [1.82, 2.24) is 19.4 Å². The Bertz CT molecular complexity index is 774. The lowest BCUT2D eigenvalue weighted by Gasteiger charge is -2.36. The van der Waals surface area contributed by atoms with Crippen LogP contribution in [0.3, 0.4) is 0 Å². The predicted molar refractivity (Wildman–Crippen MR) is 94.5 cm³/mol. The first-order valence-electron chi connectivity index (χ1n) is 9.40. The third-order valence-electron chi connectivity index (χ3n) is 5.63. The van der Waals surface area contributed by atoms with Crippen molar-refractivity contribution in [2.45, 2.75) is 44.5 Å². The number of halogens is 3. The molecular weight excluding hydrogens is 377 g/mol. The lowest BCUT2D eigenvalue weighted by molar-refractivity contribution is -0.141. The molecule has 2 aliphatic rings. The van der Waals surface area contributed by atoms with Gasteiger partial charge in [-0.25, -0.2) is 4.98 Å². The molecule has 2 saturated heterocycles. The number of aliphatic hydroxyl groups is 1. The smallest absolute Gasteiger partial charge is 0.387 e. The molecule has 156 valence electrons. The first-order chi connectivity index (χ1) is 13.1. The maximum atomic E-state index is 12.6. The number of carbonyl (C=O) groups excluding carboxylic acids is 1. The molecule has 7 nitrogen and oxygen atoms in total. The van der Waals surface area contributed by atoms with E-state index in [4.69, 9.17) is 0 Å². The lowest BCUT2D eigenvalue weighted by atomic mass is 9.94. The monoisotopic (exact) mass is 402 g/mol. The summed E-state index contributed by atoms with van der Waals surface area (Å²) >= 11 is 0. The summed E-state index contributed by atoms with van der Waals surface area (Å²) in [5, 5.41) is 10.7. The number of piperidine rings is 1. The van der Waals surface area contributed by atoms with Crippen molar-refractivity contribution in [3.63, 3.8) is 0 Å². The van der Waals surface area contributed by atoms with Gasteiger partial charge in [0.1, 0.15) is 0 Å². The first kappa shape index (κ1) is 20.8. The highest BCUT2D eigenvalue weighted by atomic mass is 19.4. The molecule has 3 heterocycles. The minimum Gasteiger partial charge on any atom is -0.387 e. The van der Waals surface area contributed by atoms with E-state index in [9.17, 15) is 27.9 Å². The van der Waals surface area contributed by atoms with Crippen LogP contribution in [0.15, 0.2) is 17.2 Å². The van der Waals surface area contributed by atoms with Gasteiger partial charge in [0.05, 0.1) is 18.5 Å². The molecule has 0 radical (unpaired) electrons. The summed E-state index contributed by atoms with van der Waals surface area (Å²) in [5.74, 6) is 0.129. The van der Waals surface area contributed by atoms with Gasteiger partial charge in [0.15, 0.2) is 5.69 Å². The summed E-state index contributed by atoms with van der Waals surface area (Å²) in [6.07, 6.45) is -1.55. The van der Waals surface area contributed by atoms with Crippen LogP contribution in [0.25, 0.3) is 0 Å². The van der Waals surface area contributed by atoms with Crippen LogP contribution in [0.5, 0.6) is 0 Å². The standard InChI is InChI=1S/C18H25F3N4O3/c1-13(26)24-7-4-17(28,11-24)10-23-5-2-14(3-6-23)9-25-12-22-15(8-16(25)27)18(19,20)21/h8,12,14,28H,2-7,9-11H2,1H3. The zero-order valence-corrected chi connectivity index (χ0v) is 15.8. The summed E-state index contributed by atoms with van der Waals surface area (Å²) in [6.45, 7) is 4.69. The molecule has 0 bridgehead atoms. The van der Waals surface area contributed by atoms with Crippen molar-refractivity contribution in [2.75, 3.05) is 32.7 Å². The number of hydrogen-bond donors (Lipinski definition) is 1. The molecule has 3 rings (SSSR count). The van der Waals surface area contributed by atoms with E-state index >= 15 is 0 Å². The number of amides is 1. The second-order valence-electron chi connectivity index (χ2n) is 7.90. The minimum atomic E-state index is -4.62. The van der Waals surface area contributed by atoms with Gasteiger partial charge in [0.25, 0.3) is 5.56 Å². The van der Waals surface area contributed by atoms with Gasteiger partial charge in [-0.05, 0) is 38.3 Å². The molecule has 0 aromatic carbocycles. The minimum absolute atomic E-state index is 0.0368. The fraction of sp³-hybridized carbons (Fsp3) is 0.722. The van der Waals surface area contributed by atoms with Crippen LogP contribution >= 0.6 is 0 Å². The Morgan fingerprint density at radius 2 is 2.00 bits per heavy atom. The molecule has 0 aliphatic carbocycles. The summed E-state index contributed by atoms with van der Waals surface area (Å²) in [4.78, 5) is 30.5. The van der Waals surface area contributed by atoms with Gasteiger partial charge in [-0.3, -0.25) is 14.2 Å². The van der Waals surface area contributed by atoms with Crippen LogP contribution in [0.1, 0.15) is 31.9 Å². The van der Waals surface area contributed by atoms with E-state index in [-0.39, 0.29) is 11.8 Å². The molecule has 10 heteroatoms. The molecule has 1 unspecified atom stereocenters. The van der Waals surface area contributed by atoms with E-state index in [0.29, 0.717) is 38.7 Å². The van der Waals surface area contributed by atoms with Crippen molar-refractivity contribution in [2.24, 2.45) is 5.92 Å². The van der Waals surface area contributed by atoms with Crippen LogP contribution < -0.4 is 5.56 Å². The lowest BCUT2D eigenvalue weighted by Crippen LogP contribution is -2.48. The fourth-order valence-corrected chi connectivity index (χ4v) is 3.99. The van der Waals surface area contributed by atoms with E-state index in [1.807, 2.05) is 0 Å². The van der Waals surface area contributed by atoms with Crippen molar-refractivity contribution < 1.29 is 23.1 Å². The second kappa shape index (κ2) is 7.82. The Kier molecular flexibility index (Phi) is 5.81. The number of rotatable bonds is 4. The molecule has 1 aromatic heterocycles. The second-order valence-corrected chi connectivity index (χ2v) is 7.90. The van der Waals surface area contributed by atoms with Crippen LogP contribution in [0, 0.1) is 5.92 Å². The Labute approximate surface area is 160 Å². The third-order valence-corrected chi connectivity index (χ3v) is 5.63. The van der Waals surface area contributed by atoms with Crippen LogP contribution in [-0.2, 0) is 17.5 Å². The SMILES string of the molecule is CC(=O)N1CCC(O)(CN2CCC(Cn3cnc(C(F)(F)F)cc3=O)CC2)C1. The van der Waals surface area contributed by atoms with E-state index in [2.05, 4.69) is 9.88 Å². The normalized spacial score (nSPS) is 24.7. The van der Waals surface area contributed by atoms with E-state index < -0.39 is 23.0 Å². The average molecular weight is 402 g/mol. The molecule has 28 heavy (non-hydrogen) atoms. The maximum Gasteiger partial charge on any atom is 0.433 e. The van der Waals surface area contributed by atoms with Crippen LogP contribution in [0.4, 0.5) is 13.2 Å². The van der Waals surface area contributed by atoms with Crippen molar-refractivity contribution in [1.29, 1.82) is 0 Å². The Hall–Kier alpha value is -1.94. The van der Waals surface area contributed by atoms with Gasteiger partial charge < -0.3 is 14.9 Å². The Morgan fingerprint density at radius 1 is 1.32 bits per heavy atom. The number of hydrogen-bond acceptors (Lipinski definition) is 5. The van der Waals surface area contributed by atoms with Gasteiger partial charge in [0.2, 0.25) is 5.91 Å². The average Bonchev–Trinajstić information content (AvgIpc) is 3.00. The van der Waals surface area contributed by atoms with Gasteiger partial charge in [-0.15, -0.1) is 0 Å². The fourth-order valence-electron chi connectivity index (χ4n) is 3.99. The van der Waals surface area contributed by atoms with E-state index in [1.165, 1.54) is 11.5 Å². The van der Waals surface area contributed by atoms with Gasteiger partial charge >= 0.3 is 6.18 Å². The topological polar surface area (TPSA) is 78.7 Å². The summed E-state index contributed by atoms with van der Waals surface area (Å²) in [7, 11) is 0. The maximum absolute atomic E-state index is 12.6. The summed E-state index contributed by atoms with van der Waals surface area (Å²) in [5.41, 5.74) is -2.77. The quantitative estimate of drug-likeness (QED) is 0.812. The van der Waals surface area contributed by atoms with Crippen LogP contribution in [-0.4, -0.2) is 68.7 Å². The molecule has 0 saturated carbocycles. The zero-order valence-electron chi connectivity index (χ0n) is 15.8. The highest BCUT2D eigenvalue weighted by Crippen LogP contribution is 2.27. The predicted octanol–water partition coefficient (Wildman–Crippen LogP) is 0.957. The Balaban J connectivity index is 1.51.